The van der Waals surface area contributed by atoms with E-state index in [0.717, 1.165) is 35.0 Å². The second-order valence-electron chi connectivity index (χ2n) is 6.62. The van der Waals surface area contributed by atoms with Crippen molar-refractivity contribution in [3.63, 3.8) is 0 Å². The molecule has 122 valence electrons. The fraction of sp³-hybridized carbons (Fsp3) is 0.444. The van der Waals surface area contributed by atoms with Crippen molar-refractivity contribution < 1.29 is 9.59 Å². The molecule has 2 amide bonds. The topological polar surface area (TPSA) is 79.2 Å². The minimum Gasteiger partial charge on any atom is -0.369 e. The molecule has 0 aliphatic carbocycles. The van der Waals surface area contributed by atoms with Crippen LogP contribution in [0.1, 0.15) is 41.4 Å². The van der Waals surface area contributed by atoms with Crippen molar-refractivity contribution in [3.8, 4) is 0 Å². The standard InChI is InChI=1S/C18H23N3O2/c1-10-4-5-14(17(19)22)9-21(10)18(23)13-6-7-16-15(8-13)11(2)12(3)20-16/h6-8,10,14,20H,4-5,9H2,1-3H3,(H2,19,22). The molecule has 1 fully saturated rings. The molecule has 0 saturated carbocycles. The van der Waals surface area contributed by atoms with Crippen LogP contribution in [0.25, 0.3) is 10.9 Å². The Bertz CT molecular complexity index is 778. The van der Waals surface area contributed by atoms with Gasteiger partial charge in [-0.2, -0.15) is 0 Å². The molecule has 5 heteroatoms. The monoisotopic (exact) mass is 313 g/mol. The quantitative estimate of drug-likeness (QED) is 0.893. The first-order valence-electron chi connectivity index (χ1n) is 8.07. The third kappa shape index (κ3) is 2.71. The number of benzene rings is 1. The Morgan fingerprint density at radius 2 is 2.00 bits per heavy atom. The van der Waals surface area contributed by atoms with Crippen LogP contribution >= 0.6 is 0 Å². The van der Waals surface area contributed by atoms with Gasteiger partial charge in [0.1, 0.15) is 0 Å². The summed E-state index contributed by atoms with van der Waals surface area (Å²) in [6, 6.07) is 5.86. The summed E-state index contributed by atoms with van der Waals surface area (Å²) in [6.45, 7) is 6.52. The number of H-pyrrole nitrogens is 1. The van der Waals surface area contributed by atoms with Gasteiger partial charge in [-0.1, -0.05) is 0 Å². The van der Waals surface area contributed by atoms with E-state index in [0.29, 0.717) is 12.1 Å². The van der Waals surface area contributed by atoms with Gasteiger partial charge in [0.05, 0.1) is 5.92 Å². The fourth-order valence-corrected chi connectivity index (χ4v) is 3.38. The zero-order valence-corrected chi connectivity index (χ0v) is 13.8. The highest BCUT2D eigenvalue weighted by Crippen LogP contribution is 2.26. The molecule has 1 aliphatic rings. The van der Waals surface area contributed by atoms with E-state index in [9.17, 15) is 9.59 Å². The fourth-order valence-electron chi connectivity index (χ4n) is 3.38. The lowest BCUT2D eigenvalue weighted by atomic mass is 9.92. The van der Waals surface area contributed by atoms with Gasteiger partial charge in [-0.25, -0.2) is 0 Å². The summed E-state index contributed by atoms with van der Waals surface area (Å²) in [6.07, 6.45) is 1.57. The Morgan fingerprint density at radius 3 is 2.70 bits per heavy atom. The van der Waals surface area contributed by atoms with E-state index in [1.165, 1.54) is 0 Å². The van der Waals surface area contributed by atoms with Crippen LogP contribution in [0.2, 0.25) is 0 Å². The zero-order valence-electron chi connectivity index (χ0n) is 13.8. The molecule has 2 unspecified atom stereocenters. The molecule has 5 nitrogen and oxygen atoms in total. The highest BCUT2D eigenvalue weighted by molar-refractivity contribution is 5.99. The van der Waals surface area contributed by atoms with Crippen LogP contribution in [0.5, 0.6) is 0 Å². The number of aromatic nitrogens is 1. The number of nitrogens with two attached hydrogens (primary N) is 1. The molecular formula is C18H23N3O2. The number of hydrogen-bond donors (Lipinski definition) is 2. The first-order valence-corrected chi connectivity index (χ1v) is 8.07. The average Bonchev–Trinajstić information content (AvgIpc) is 2.81. The molecule has 1 aliphatic heterocycles. The van der Waals surface area contributed by atoms with E-state index in [2.05, 4.69) is 11.9 Å². The minimum atomic E-state index is -0.317. The Kier molecular flexibility index (Phi) is 3.88. The molecule has 2 aromatic rings. The summed E-state index contributed by atoms with van der Waals surface area (Å²) in [5.74, 6) is -0.582. The number of nitrogens with zero attached hydrogens (tertiary/aromatic N) is 1. The lowest BCUT2D eigenvalue weighted by molar-refractivity contribution is -0.123. The third-order valence-corrected chi connectivity index (χ3v) is 5.10. The van der Waals surface area contributed by atoms with Crippen LogP contribution in [-0.4, -0.2) is 34.3 Å². The number of fused-ring (bicyclic) bond motifs is 1. The molecule has 1 aromatic carbocycles. The summed E-state index contributed by atoms with van der Waals surface area (Å²) < 4.78 is 0. The van der Waals surface area contributed by atoms with Crippen molar-refractivity contribution in [3.05, 3.63) is 35.0 Å². The van der Waals surface area contributed by atoms with Gasteiger partial charge in [-0.05, 0) is 57.4 Å². The lowest BCUT2D eigenvalue weighted by Gasteiger charge is -2.37. The Balaban J connectivity index is 1.92. The SMILES string of the molecule is Cc1[nH]c2ccc(C(=O)N3CC(C(N)=O)CCC3C)cc2c1C. The number of piperidine rings is 1. The van der Waals surface area contributed by atoms with Gasteiger partial charge in [-0.3, -0.25) is 9.59 Å². The van der Waals surface area contributed by atoms with Crippen LogP contribution in [0.15, 0.2) is 18.2 Å². The summed E-state index contributed by atoms with van der Waals surface area (Å²) in [5, 5.41) is 1.07. The van der Waals surface area contributed by atoms with E-state index in [4.69, 9.17) is 5.73 Å². The third-order valence-electron chi connectivity index (χ3n) is 5.10. The second kappa shape index (κ2) is 5.72. The van der Waals surface area contributed by atoms with E-state index in [-0.39, 0.29) is 23.8 Å². The van der Waals surface area contributed by atoms with E-state index in [1.54, 1.807) is 4.90 Å². The molecule has 0 spiro atoms. The minimum absolute atomic E-state index is 0.0244. The smallest absolute Gasteiger partial charge is 0.254 e. The highest BCUT2D eigenvalue weighted by Gasteiger charge is 2.32. The van der Waals surface area contributed by atoms with Gasteiger partial charge >= 0.3 is 0 Å². The van der Waals surface area contributed by atoms with Crippen molar-refractivity contribution in [1.82, 2.24) is 9.88 Å². The highest BCUT2D eigenvalue weighted by atomic mass is 16.2. The van der Waals surface area contributed by atoms with Gasteiger partial charge in [0.25, 0.3) is 5.91 Å². The number of rotatable bonds is 2. The maximum atomic E-state index is 12.9. The number of hydrogen-bond acceptors (Lipinski definition) is 2. The second-order valence-corrected chi connectivity index (χ2v) is 6.62. The van der Waals surface area contributed by atoms with Gasteiger partial charge in [-0.15, -0.1) is 0 Å². The first-order chi connectivity index (χ1) is 10.9. The number of aromatic amines is 1. The van der Waals surface area contributed by atoms with Crippen molar-refractivity contribution >= 4 is 22.7 Å². The summed E-state index contributed by atoms with van der Waals surface area (Å²) in [4.78, 5) is 29.5. The molecule has 3 N–H and O–H groups in total. The Labute approximate surface area is 135 Å². The number of carbonyl (C=O) groups is 2. The van der Waals surface area contributed by atoms with Crippen molar-refractivity contribution in [2.45, 2.75) is 39.7 Å². The molecule has 1 saturated heterocycles. The van der Waals surface area contributed by atoms with Gasteiger partial charge < -0.3 is 15.6 Å². The number of carbonyl (C=O) groups excluding carboxylic acids is 2. The Morgan fingerprint density at radius 1 is 1.26 bits per heavy atom. The number of amides is 2. The van der Waals surface area contributed by atoms with Gasteiger partial charge in [0.2, 0.25) is 5.91 Å². The van der Waals surface area contributed by atoms with Crippen molar-refractivity contribution in [2.24, 2.45) is 11.7 Å². The number of likely N-dealkylation sites (tertiary alicyclic amines) is 1. The molecule has 0 radical (unpaired) electrons. The van der Waals surface area contributed by atoms with Crippen molar-refractivity contribution in [1.29, 1.82) is 0 Å². The van der Waals surface area contributed by atoms with Crippen LogP contribution in [-0.2, 0) is 4.79 Å². The molecule has 2 heterocycles. The van der Waals surface area contributed by atoms with E-state index < -0.39 is 0 Å². The normalized spacial score (nSPS) is 21.6. The maximum Gasteiger partial charge on any atom is 0.254 e. The predicted octanol–water partition coefficient (Wildman–Crippen LogP) is 2.51. The van der Waals surface area contributed by atoms with Crippen molar-refractivity contribution in [2.75, 3.05) is 6.54 Å². The number of aryl methyl sites for hydroxylation is 2. The summed E-state index contributed by atoms with van der Waals surface area (Å²) in [7, 11) is 0. The molecule has 0 bridgehead atoms. The molecule has 1 aromatic heterocycles. The average molecular weight is 313 g/mol. The van der Waals surface area contributed by atoms with Gasteiger partial charge in [0, 0.05) is 34.7 Å². The van der Waals surface area contributed by atoms with Gasteiger partial charge in [0.15, 0.2) is 0 Å². The number of nitrogens with one attached hydrogen (secondary N) is 1. The van der Waals surface area contributed by atoms with E-state index in [1.807, 2.05) is 32.0 Å². The molecular weight excluding hydrogens is 290 g/mol. The summed E-state index contributed by atoms with van der Waals surface area (Å²) >= 11 is 0. The van der Waals surface area contributed by atoms with Crippen LogP contribution in [0.3, 0.4) is 0 Å². The van der Waals surface area contributed by atoms with Crippen LogP contribution in [0, 0.1) is 19.8 Å². The summed E-state index contributed by atoms with van der Waals surface area (Å²) in [5.41, 5.74) is 9.41. The number of primary amides is 1. The zero-order chi connectivity index (χ0) is 16.7. The molecule has 3 rings (SSSR count). The van der Waals surface area contributed by atoms with E-state index >= 15 is 0 Å². The maximum absolute atomic E-state index is 12.9. The van der Waals surface area contributed by atoms with Crippen LogP contribution < -0.4 is 5.73 Å². The molecule has 2 atom stereocenters. The first kappa shape index (κ1) is 15.6. The lowest BCUT2D eigenvalue weighted by Crippen LogP contribution is -2.48. The predicted molar refractivity (Wildman–Crippen MR) is 90.2 cm³/mol. The molecule has 23 heavy (non-hydrogen) atoms. The Hall–Kier alpha value is -2.30. The largest absolute Gasteiger partial charge is 0.369 e. The van der Waals surface area contributed by atoms with Crippen LogP contribution in [0.4, 0.5) is 0 Å².